The van der Waals surface area contributed by atoms with Gasteiger partial charge in [0.25, 0.3) is 5.95 Å². The number of nitrogens with one attached hydrogen (secondary N) is 1. The summed E-state index contributed by atoms with van der Waals surface area (Å²) in [6.07, 6.45) is 5.25. The third-order valence-corrected chi connectivity index (χ3v) is 4.06. The monoisotopic (exact) mass is 346 g/mol. The lowest BCUT2D eigenvalue weighted by Gasteiger charge is -2.06. The number of hydrogen-bond donors (Lipinski definition) is 1. The maximum absolute atomic E-state index is 4.43. The van der Waals surface area contributed by atoms with Crippen molar-refractivity contribution in [3.63, 3.8) is 0 Å². The van der Waals surface area contributed by atoms with Gasteiger partial charge in [0.05, 0.1) is 0 Å². The molecule has 0 saturated heterocycles. The van der Waals surface area contributed by atoms with Gasteiger partial charge in [0.15, 0.2) is 0 Å². The molecule has 2 atom stereocenters. The predicted molar refractivity (Wildman–Crippen MR) is 106 cm³/mol. The van der Waals surface area contributed by atoms with E-state index >= 15 is 0 Å². The van der Waals surface area contributed by atoms with E-state index in [-0.39, 0.29) is 11.8 Å². The molecule has 0 spiro atoms. The summed E-state index contributed by atoms with van der Waals surface area (Å²) in [5, 5.41) is 16.6. The largest absolute Gasteiger partial charge is 0.265 e. The Morgan fingerprint density at radius 2 is 1.46 bits per heavy atom. The van der Waals surface area contributed by atoms with Gasteiger partial charge in [-0.3, -0.25) is 0 Å². The zero-order chi connectivity index (χ0) is 18.2. The zero-order valence-corrected chi connectivity index (χ0v) is 14.9. The molecule has 0 bridgehead atoms. The lowest BCUT2D eigenvalue weighted by molar-refractivity contribution is 0.862. The van der Waals surface area contributed by atoms with Crippen molar-refractivity contribution in [2.45, 2.75) is 25.7 Å². The molecule has 6 nitrogen and oxygen atoms in total. The maximum atomic E-state index is 4.43. The molecular weight excluding hydrogens is 324 g/mol. The third kappa shape index (κ3) is 4.63. The molecule has 0 saturated carbocycles. The van der Waals surface area contributed by atoms with Crippen LogP contribution in [0.2, 0.25) is 0 Å². The van der Waals surface area contributed by atoms with Gasteiger partial charge in [-0.1, -0.05) is 74.5 Å². The number of rotatable bonds is 7. The number of benzene rings is 2. The van der Waals surface area contributed by atoms with E-state index in [2.05, 4.69) is 63.9 Å². The molecule has 0 fully saturated rings. The van der Waals surface area contributed by atoms with Crippen LogP contribution in [0.1, 0.15) is 36.8 Å². The minimum atomic E-state index is 0.188. The Kier molecular flexibility index (Phi) is 5.88. The lowest BCUT2D eigenvalue weighted by atomic mass is 10.0. The highest BCUT2D eigenvalue weighted by atomic mass is 15.5. The average molecular weight is 346 g/mol. The Balaban J connectivity index is 1.62. The van der Waals surface area contributed by atoms with Crippen LogP contribution in [0.4, 0.5) is 5.95 Å². The van der Waals surface area contributed by atoms with E-state index in [1.807, 2.05) is 48.8 Å². The second-order valence-corrected chi connectivity index (χ2v) is 6.05. The van der Waals surface area contributed by atoms with Gasteiger partial charge in [-0.15, -0.1) is 10.2 Å². The molecule has 3 rings (SSSR count). The van der Waals surface area contributed by atoms with Gasteiger partial charge in [0.1, 0.15) is 6.33 Å². The van der Waals surface area contributed by atoms with Crippen molar-refractivity contribution >= 4 is 18.4 Å². The molecule has 6 heteroatoms. The van der Waals surface area contributed by atoms with Crippen molar-refractivity contribution in [3.8, 4) is 0 Å². The Morgan fingerprint density at radius 1 is 0.885 bits per heavy atom. The molecule has 132 valence electrons. The van der Waals surface area contributed by atoms with E-state index in [0.29, 0.717) is 5.95 Å². The van der Waals surface area contributed by atoms with E-state index in [9.17, 15) is 0 Å². The fraction of sp³-hybridized carbons (Fsp3) is 0.200. The van der Waals surface area contributed by atoms with Gasteiger partial charge in [-0.2, -0.15) is 14.9 Å². The highest BCUT2D eigenvalue weighted by Gasteiger charge is 2.05. The van der Waals surface area contributed by atoms with Crippen LogP contribution in [0, 0.1) is 0 Å². The Labute approximate surface area is 153 Å². The van der Waals surface area contributed by atoms with Gasteiger partial charge in [0.2, 0.25) is 0 Å². The molecule has 0 aliphatic carbocycles. The molecule has 0 amide bonds. The summed E-state index contributed by atoms with van der Waals surface area (Å²) in [4.78, 5) is 0. The summed E-state index contributed by atoms with van der Waals surface area (Å²) in [5.41, 5.74) is 5.31. The molecule has 0 aliphatic heterocycles. The van der Waals surface area contributed by atoms with Gasteiger partial charge in [-0.05, 0) is 11.1 Å². The van der Waals surface area contributed by atoms with E-state index < -0.39 is 0 Å². The van der Waals surface area contributed by atoms with Gasteiger partial charge < -0.3 is 0 Å². The minimum Gasteiger partial charge on any atom is -0.244 e. The van der Waals surface area contributed by atoms with E-state index in [1.165, 1.54) is 11.1 Å². The van der Waals surface area contributed by atoms with Gasteiger partial charge in [-0.25, -0.2) is 5.43 Å². The van der Waals surface area contributed by atoms with E-state index in [0.717, 1.165) is 0 Å². The Bertz CT molecular complexity index is 854. The highest BCUT2D eigenvalue weighted by Crippen LogP contribution is 2.13. The molecule has 1 N–H and O–H groups in total. The fourth-order valence-electron chi connectivity index (χ4n) is 2.45. The predicted octanol–water partition coefficient (Wildman–Crippen LogP) is 4.12. The van der Waals surface area contributed by atoms with Crippen LogP contribution in [0.15, 0.2) is 77.2 Å². The van der Waals surface area contributed by atoms with Crippen LogP contribution in [0.5, 0.6) is 0 Å². The Hall–Kier alpha value is -3.28. The Morgan fingerprint density at radius 3 is 2.08 bits per heavy atom. The number of hydrazone groups is 1. The molecule has 3 aromatic rings. The molecule has 2 aromatic carbocycles. The lowest BCUT2D eigenvalue weighted by Crippen LogP contribution is -2.02. The summed E-state index contributed by atoms with van der Waals surface area (Å²) >= 11 is 0. The first-order chi connectivity index (χ1) is 12.7. The second kappa shape index (κ2) is 8.71. The molecule has 1 aromatic heterocycles. The summed E-state index contributed by atoms with van der Waals surface area (Å²) < 4.78 is 1.57. The molecular formula is C20H22N6. The van der Waals surface area contributed by atoms with Crippen molar-refractivity contribution in [1.29, 1.82) is 0 Å². The summed E-state index contributed by atoms with van der Waals surface area (Å²) in [5.74, 6) is 0.854. The number of hydrogen-bond acceptors (Lipinski definition) is 5. The minimum absolute atomic E-state index is 0.188. The van der Waals surface area contributed by atoms with Crippen LogP contribution in [-0.4, -0.2) is 27.3 Å². The van der Waals surface area contributed by atoms with Crippen molar-refractivity contribution in [3.05, 3.63) is 78.1 Å². The van der Waals surface area contributed by atoms with Crippen LogP contribution in [0.3, 0.4) is 0 Å². The van der Waals surface area contributed by atoms with E-state index in [4.69, 9.17) is 0 Å². The number of anilines is 1. The fourth-order valence-corrected chi connectivity index (χ4v) is 2.45. The number of aromatic nitrogens is 3. The van der Waals surface area contributed by atoms with Crippen molar-refractivity contribution < 1.29 is 0 Å². The SMILES string of the molecule is CC(/C=N\Nc1nncn1/N=C/C(C)c1ccccc1)c1ccccc1. The van der Waals surface area contributed by atoms with Crippen LogP contribution < -0.4 is 5.43 Å². The first kappa shape index (κ1) is 17.5. The van der Waals surface area contributed by atoms with Gasteiger partial charge in [0, 0.05) is 24.3 Å². The normalized spacial score (nSPS) is 13.9. The topological polar surface area (TPSA) is 67.5 Å². The quantitative estimate of drug-likeness (QED) is 0.517. The molecule has 1 heterocycles. The standard InChI is InChI=1S/C20H22N6/c1-16(18-9-5-3-6-10-18)13-21-24-20-25-22-15-26(20)23-14-17(2)19-11-7-4-8-12-19/h3-17H,1-2H3,(H,24,25)/b21-13-,23-14+. The first-order valence-electron chi connectivity index (χ1n) is 8.57. The van der Waals surface area contributed by atoms with Crippen LogP contribution in [0.25, 0.3) is 0 Å². The van der Waals surface area contributed by atoms with Crippen molar-refractivity contribution in [2.24, 2.45) is 10.2 Å². The van der Waals surface area contributed by atoms with Crippen LogP contribution >= 0.6 is 0 Å². The first-order valence-corrected chi connectivity index (χ1v) is 8.57. The van der Waals surface area contributed by atoms with Crippen molar-refractivity contribution in [2.75, 3.05) is 5.43 Å². The molecule has 0 radical (unpaired) electrons. The zero-order valence-electron chi connectivity index (χ0n) is 14.9. The number of nitrogens with zero attached hydrogens (tertiary/aromatic N) is 5. The average Bonchev–Trinajstić information content (AvgIpc) is 3.14. The summed E-state index contributed by atoms with van der Waals surface area (Å²) in [7, 11) is 0. The van der Waals surface area contributed by atoms with Gasteiger partial charge >= 0.3 is 0 Å². The molecule has 26 heavy (non-hydrogen) atoms. The van der Waals surface area contributed by atoms with E-state index in [1.54, 1.807) is 11.0 Å². The summed E-state index contributed by atoms with van der Waals surface area (Å²) in [6.45, 7) is 4.18. The van der Waals surface area contributed by atoms with Crippen molar-refractivity contribution in [1.82, 2.24) is 14.9 Å². The maximum Gasteiger partial charge on any atom is 0.265 e. The third-order valence-electron chi connectivity index (χ3n) is 4.06. The highest BCUT2D eigenvalue weighted by molar-refractivity contribution is 5.68. The molecule has 0 aliphatic rings. The second-order valence-electron chi connectivity index (χ2n) is 6.05. The molecule has 2 unspecified atom stereocenters. The van der Waals surface area contributed by atoms with Crippen LogP contribution in [-0.2, 0) is 0 Å². The smallest absolute Gasteiger partial charge is 0.244 e. The summed E-state index contributed by atoms with van der Waals surface area (Å²) in [6, 6.07) is 20.4.